The van der Waals surface area contributed by atoms with Gasteiger partial charge in [0.15, 0.2) is 0 Å². The van der Waals surface area contributed by atoms with E-state index in [1.807, 2.05) is 18.2 Å². The molecule has 0 aliphatic rings. The molecular weight excluding hydrogens is 839 g/mol. The van der Waals surface area contributed by atoms with Crippen molar-refractivity contribution in [1.29, 1.82) is 0 Å². The van der Waals surface area contributed by atoms with Gasteiger partial charge in [-0.2, -0.15) is 0 Å². The third kappa shape index (κ3) is 6.29. The van der Waals surface area contributed by atoms with Crippen molar-refractivity contribution in [3.05, 3.63) is 249 Å². The molecule has 14 rings (SSSR count). The van der Waals surface area contributed by atoms with Crippen molar-refractivity contribution in [1.82, 2.24) is 0 Å². The molecule has 14 aromatic rings. The molecule has 0 N–H and O–H groups in total. The maximum atomic E-state index is 6.56. The molecule has 3 heteroatoms. The highest BCUT2D eigenvalue weighted by atomic mass is 16.3. The monoisotopic (exact) mass is 879 g/mol. The van der Waals surface area contributed by atoms with Gasteiger partial charge in [0.2, 0.25) is 0 Å². The van der Waals surface area contributed by atoms with Crippen LogP contribution in [0.4, 0.5) is 17.1 Å². The van der Waals surface area contributed by atoms with Crippen molar-refractivity contribution in [3.63, 3.8) is 0 Å². The summed E-state index contributed by atoms with van der Waals surface area (Å²) >= 11 is 0. The van der Waals surface area contributed by atoms with E-state index in [9.17, 15) is 0 Å². The molecule has 0 radical (unpaired) electrons. The third-order valence-electron chi connectivity index (χ3n) is 14.1. The molecule has 12 aromatic carbocycles. The standard InChI is InChI=1S/C66H41NO2/c1-2-15-42(16-3-1)47-25-12-17-44-18-13-26-48(65(44)47)43-31-33-45(34-32-43)67(46-35-36-58-56-23-8-10-29-62(56)68-64(58)41-46)61-40-39-53(51-21-6-7-22-55(51)61)52-37-38-54(50-20-5-4-19-49(50)52)59-27-14-28-60-57-24-9-11-30-63(57)69-66(59)60/h1-41H. The molecule has 0 amide bonds. The van der Waals surface area contributed by atoms with E-state index < -0.39 is 0 Å². The predicted molar refractivity (Wildman–Crippen MR) is 290 cm³/mol. The van der Waals surface area contributed by atoms with E-state index in [2.05, 4.69) is 235 Å². The number of furan rings is 2. The Bertz CT molecular complexity index is 4310. The first kappa shape index (κ1) is 39.0. The van der Waals surface area contributed by atoms with Gasteiger partial charge >= 0.3 is 0 Å². The van der Waals surface area contributed by atoms with Crippen molar-refractivity contribution in [2.24, 2.45) is 0 Å². The number of rotatable bonds is 7. The molecular formula is C66H41NO2. The second kappa shape index (κ2) is 15.7. The normalized spacial score (nSPS) is 11.8. The smallest absolute Gasteiger partial charge is 0.143 e. The zero-order valence-corrected chi connectivity index (χ0v) is 37.4. The summed E-state index contributed by atoms with van der Waals surface area (Å²) in [6, 6.07) is 89.5. The van der Waals surface area contributed by atoms with Crippen molar-refractivity contribution < 1.29 is 8.83 Å². The van der Waals surface area contributed by atoms with Crippen molar-refractivity contribution in [3.8, 4) is 44.5 Å². The third-order valence-corrected chi connectivity index (χ3v) is 14.1. The fraction of sp³-hybridized carbons (Fsp3) is 0. The Balaban J connectivity index is 0.936. The van der Waals surface area contributed by atoms with Crippen molar-refractivity contribution in [2.45, 2.75) is 0 Å². The van der Waals surface area contributed by atoms with Gasteiger partial charge < -0.3 is 13.7 Å². The first-order chi connectivity index (χ1) is 34.2. The second-order valence-corrected chi connectivity index (χ2v) is 17.9. The molecule has 0 spiro atoms. The minimum atomic E-state index is 0.852. The van der Waals surface area contributed by atoms with Gasteiger partial charge in [0.1, 0.15) is 22.3 Å². The average molecular weight is 880 g/mol. The van der Waals surface area contributed by atoms with Gasteiger partial charge in [0, 0.05) is 49.9 Å². The maximum Gasteiger partial charge on any atom is 0.143 e. The topological polar surface area (TPSA) is 29.5 Å². The summed E-state index contributed by atoms with van der Waals surface area (Å²) in [5.41, 5.74) is 16.1. The van der Waals surface area contributed by atoms with Crippen LogP contribution in [-0.4, -0.2) is 0 Å². The van der Waals surface area contributed by atoms with E-state index in [1.165, 1.54) is 54.7 Å². The summed E-state index contributed by atoms with van der Waals surface area (Å²) in [7, 11) is 0. The van der Waals surface area contributed by atoms with Crippen LogP contribution in [0.3, 0.4) is 0 Å². The fourth-order valence-corrected chi connectivity index (χ4v) is 11.0. The van der Waals surface area contributed by atoms with Crippen LogP contribution in [0.15, 0.2) is 258 Å². The molecule has 0 atom stereocenters. The summed E-state index contributed by atoms with van der Waals surface area (Å²) in [5, 5.41) is 11.6. The lowest BCUT2D eigenvalue weighted by atomic mass is 9.89. The molecule has 0 aliphatic carbocycles. The number of anilines is 3. The number of hydrogen-bond acceptors (Lipinski definition) is 3. The average Bonchev–Trinajstić information content (AvgIpc) is 3.99. The largest absolute Gasteiger partial charge is 0.456 e. The van der Waals surface area contributed by atoms with Crippen LogP contribution >= 0.6 is 0 Å². The van der Waals surface area contributed by atoms with Crippen LogP contribution in [0.2, 0.25) is 0 Å². The van der Waals surface area contributed by atoms with Crippen LogP contribution in [-0.2, 0) is 0 Å². The summed E-state index contributed by atoms with van der Waals surface area (Å²) in [6.07, 6.45) is 0. The van der Waals surface area contributed by atoms with E-state index in [4.69, 9.17) is 8.83 Å². The lowest BCUT2D eigenvalue weighted by Crippen LogP contribution is -2.10. The zero-order valence-electron chi connectivity index (χ0n) is 37.4. The summed E-state index contributed by atoms with van der Waals surface area (Å²) in [5.74, 6) is 0. The molecule has 2 aromatic heterocycles. The quantitative estimate of drug-likeness (QED) is 0.160. The first-order valence-electron chi connectivity index (χ1n) is 23.6. The van der Waals surface area contributed by atoms with Gasteiger partial charge in [-0.1, -0.05) is 200 Å². The van der Waals surface area contributed by atoms with E-state index in [1.54, 1.807) is 0 Å². The van der Waals surface area contributed by atoms with Crippen LogP contribution in [0, 0.1) is 0 Å². The lowest BCUT2D eigenvalue weighted by molar-refractivity contribution is 0.669. The molecule has 0 unspecified atom stereocenters. The molecule has 0 bridgehead atoms. The van der Waals surface area contributed by atoms with Crippen LogP contribution in [0.5, 0.6) is 0 Å². The van der Waals surface area contributed by atoms with Crippen molar-refractivity contribution in [2.75, 3.05) is 4.90 Å². The van der Waals surface area contributed by atoms with Crippen molar-refractivity contribution >= 4 is 93.3 Å². The number of fused-ring (bicyclic) bond motifs is 9. The summed E-state index contributed by atoms with van der Waals surface area (Å²) in [4.78, 5) is 2.39. The number of hydrogen-bond donors (Lipinski definition) is 0. The lowest BCUT2D eigenvalue weighted by Gasteiger charge is -2.28. The highest BCUT2D eigenvalue weighted by molar-refractivity contribution is 6.16. The van der Waals surface area contributed by atoms with Gasteiger partial charge in [-0.3, -0.25) is 0 Å². The predicted octanol–water partition coefficient (Wildman–Crippen LogP) is 19.1. The summed E-state index contributed by atoms with van der Waals surface area (Å²) in [6.45, 7) is 0. The molecule has 3 nitrogen and oxygen atoms in total. The SMILES string of the molecule is c1ccc(-c2cccc3cccc(-c4ccc(N(c5ccc6c(c5)oc5ccccc56)c5ccc(-c6ccc(-c7cccc8c7oc7ccccc78)c7ccccc67)c6ccccc56)cc4)c23)cc1. The highest BCUT2D eigenvalue weighted by Gasteiger charge is 2.22. The molecule has 0 aliphatic heterocycles. The molecule has 0 saturated carbocycles. The Hall–Kier alpha value is -9.18. The maximum absolute atomic E-state index is 6.56. The number of benzene rings is 12. The first-order valence-corrected chi connectivity index (χ1v) is 23.6. The van der Waals surface area contributed by atoms with Gasteiger partial charge in [0.25, 0.3) is 0 Å². The van der Waals surface area contributed by atoms with E-state index in [-0.39, 0.29) is 0 Å². The fourth-order valence-electron chi connectivity index (χ4n) is 11.0. The number of para-hydroxylation sites is 3. The van der Waals surface area contributed by atoms with E-state index >= 15 is 0 Å². The highest BCUT2D eigenvalue weighted by Crippen LogP contribution is 2.47. The Labute approximate surface area is 398 Å². The van der Waals surface area contributed by atoms with Gasteiger partial charge in [-0.25, -0.2) is 0 Å². The molecule has 69 heavy (non-hydrogen) atoms. The Kier molecular flexibility index (Phi) is 8.90. The van der Waals surface area contributed by atoms with Crippen LogP contribution < -0.4 is 4.90 Å². The minimum Gasteiger partial charge on any atom is -0.456 e. The van der Waals surface area contributed by atoms with Crippen LogP contribution in [0.25, 0.3) is 121 Å². The van der Waals surface area contributed by atoms with E-state index in [0.717, 1.165) is 83.0 Å². The Morgan fingerprint density at radius 1 is 0.261 bits per heavy atom. The van der Waals surface area contributed by atoms with Gasteiger partial charge in [-0.05, 0) is 108 Å². The number of nitrogens with zero attached hydrogens (tertiary/aromatic N) is 1. The van der Waals surface area contributed by atoms with E-state index in [0.29, 0.717) is 0 Å². The Morgan fingerprint density at radius 2 is 0.739 bits per heavy atom. The van der Waals surface area contributed by atoms with Crippen LogP contribution in [0.1, 0.15) is 0 Å². The van der Waals surface area contributed by atoms with Gasteiger partial charge in [0.05, 0.1) is 5.69 Å². The molecule has 0 fully saturated rings. The van der Waals surface area contributed by atoms with Gasteiger partial charge in [-0.15, -0.1) is 0 Å². The molecule has 322 valence electrons. The molecule has 2 heterocycles. The molecule has 0 saturated heterocycles. The minimum absolute atomic E-state index is 0.852. The Morgan fingerprint density at radius 3 is 1.43 bits per heavy atom. The zero-order chi connectivity index (χ0) is 45.4. The second-order valence-electron chi connectivity index (χ2n) is 17.9. The summed E-state index contributed by atoms with van der Waals surface area (Å²) < 4.78 is 13.1.